The summed E-state index contributed by atoms with van der Waals surface area (Å²) in [5, 5.41) is -0.138. The lowest BCUT2D eigenvalue weighted by Gasteiger charge is -2.10. The fourth-order valence-corrected chi connectivity index (χ4v) is 3.20. The third-order valence-corrected chi connectivity index (χ3v) is 4.51. The quantitative estimate of drug-likeness (QED) is 0.687. The van der Waals surface area contributed by atoms with Gasteiger partial charge in [-0.15, -0.1) is 0 Å². The summed E-state index contributed by atoms with van der Waals surface area (Å²) in [5.41, 5.74) is 5.53. The summed E-state index contributed by atoms with van der Waals surface area (Å²) in [4.78, 5) is 0. The third-order valence-electron chi connectivity index (χ3n) is 2.91. The van der Waals surface area contributed by atoms with Crippen molar-refractivity contribution in [3.8, 4) is 0 Å². The van der Waals surface area contributed by atoms with E-state index in [1.807, 2.05) is 0 Å². The molecule has 1 aliphatic rings. The van der Waals surface area contributed by atoms with Crippen LogP contribution in [0.25, 0.3) is 0 Å². The van der Waals surface area contributed by atoms with Gasteiger partial charge in [-0.25, -0.2) is 8.42 Å². The zero-order chi connectivity index (χ0) is 9.35. The Hall–Kier alpha value is -0.0900. The molecule has 0 aromatic rings. The van der Waals surface area contributed by atoms with Crippen molar-refractivity contribution in [3.63, 3.8) is 0 Å². The Morgan fingerprint density at radius 1 is 1.42 bits per heavy atom. The van der Waals surface area contributed by atoms with Gasteiger partial charge in [0.1, 0.15) is 9.84 Å². The largest absolute Gasteiger partial charge is 0.330 e. The van der Waals surface area contributed by atoms with Crippen LogP contribution in [0.15, 0.2) is 0 Å². The fraction of sp³-hybridized carbons (Fsp3) is 1.00. The van der Waals surface area contributed by atoms with Gasteiger partial charge in [0.05, 0.1) is 5.25 Å². The van der Waals surface area contributed by atoms with Crippen LogP contribution in [0.1, 0.15) is 19.8 Å². The summed E-state index contributed by atoms with van der Waals surface area (Å²) in [7, 11) is -2.83. The van der Waals surface area contributed by atoms with E-state index in [2.05, 4.69) is 6.92 Å². The molecule has 3 atom stereocenters. The minimum absolute atomic E-state index is 0.138. The Kier molecular flexibility index (Phi) is 2.78. The molecule has 1 rings (SSSR count). The van der Waals surface area contributed by atoms with Gasteiger partial charge in [-0.3, -0.25) is 0 Å². The van der Waals surface area contributed by atoms with Crippen LogP contribution in [-0.4, -0.2) is 26.5 Å². The molecule has 3 nitrogen and oxygen atoms in total. The van der Waals surface area contributed by atoms with E-state index >= 15 is 0 Å². The SMILES string of the molecule is C[C@@H]1C[C@H](S(C)(=O)=O)C[C@H]1CN. The summed E-state index contributed by atoms with van der Waals surface area (Å²) in [5.74, 6) is 0.874. The van der Waals surface area contributed by atoms with Crippen molar-refractivity contribution < 1.29 is 8.42 Å². The monoisotopic (exact) mass is 191 g/mol. The second-order valence-corrected chi connectivity index (χ2v) is 6.22. The first-order valence-corrected chi connectivity index (χ1v) is 6.29. The first-order valence-electron chi connectivity index (χ1n) is 4.34. The van der Waals surface area contributed by atoms with Crippen LogP contribution in [0.4, 0.5) is 0 Å². The van der Waals surface area contributed by atoms with E-state index in [-0.39, 0.29) is 5.25 Å². The van der Waals surface area contributed by atoms with Gasteiger partial charge in [0.2, 0.25) is 0 Å². The van der Waals surface area contributed by atoms with Crippen molar-refractivity contribution in [2.75, 3.05) is 12.8 Å². The predicted molar refractivity (Wildman–Crippen MR) is 49.6 cm³/mol. The van der Waals surface area contributed by atoms with E-state index < -0.39 is 9.84 Å². The number of nitrogens with two attached hydrogens (primary N) is 1. The second-order valence-electron chi connectivity index (χ2n) is 3.90. The van der Waals surface area contributed by atoms with Crippen LogP contribution in [0.5, 0.6) is 0 Å². The highest BCUT2D eigenvalue weighted by Crippen LogP contribution is 2.34. The zero-order valence-electron chi connectivity index (χ0n) is 7.66. The third kappa shape index (κ3) is 1.98. The summed E-state index contributed by atoms with van der Waals surface area (Å²) in [6.07, 6.45) is 2.88. The van der Waals surface area contributed by atoms with Gasteiger partial charge in [0.25, 0.3) is 0 Å². The van der Waals surface area contributed by atoms with E-state index in [1.54, 1.807) is 0 Å². The van der Waals surface area contributed by atoms with Crippen molar-refractivity contribution in [3.05, 3.63) is 0 Å². The van der Waals surface area contributed by atoms with Crippen LogP contribution in [0.3, 0.4) is 0 Å². The number of sulfone groups is 1. The van der Waals surface area contributed by atoms with E-state index in [0.717, 1.165) is 12.8 Å². The van der Waals surface area contributed by atoms with Crippen LogP contribution in [-0.2, 0) is 9.84 Å². The maximum atomic E-state index is 11.2. The highest BCUT2D eigenvalue weighted by atomic mass is 32.2. The van der Waals surface area contributed by atoms with Crippen molar-refractivity contribution in [1.82, 2.24) is 0 Å². The number of hydrogen-bond acceptors (Lipinski definition) is 3. The number of hydrogen-bond donors (Lipinski definition) is 1. The summed E-state index contributed by atoms with van der Waals surface area (Å²) >= 11 is 0. The number of rotatable bonds is 2. The summed E-state index contributed by atoms with van der Waals surface area (Å²) in [6.45, 7) is 2.70. The zero-order valence-corrected chi connectivity index (χ0v) is 8.47. The van der Waals surface area contributed by atoms with Crippen molar-refractivity contribution in [1.29, 1.82) is 0 Å². The molecule has 4 heteroatoms. The summed E-state index contributed by atoms with van der Waals surface area (Å²) < 4.78 is 22.4. The smallest absolute Gasteiger partial charge is 0.150 e. The lowest BCUT2D eigenvalue weighted by atomic mass is 9.99. The van der Waals surface area contributed by atoms with E-state index in [1.165, 1.54) is 6.26 Å². The summed E-state index contributed by atoms with van der Waals surface area (Å²) in [6, 6.07) is 0. The van der Waals surface area contributed by atoms with Gasteiger partial charge >= 0.3 is 0 Å². The maximum absolute atomic E-state index is 11.2. The Morgan fingerprint density at radius 2 is 2.00 bits per heavy atom. The van der Waals surface area contributed by atoms with Crippen LogP contribution in [0, 0.1) is 11.8 Å². The maximum Gasteiger partial charge on any atom is 0.150 e. The molecule has 0 saturated heterocycles. The average molecular weight is 191 g/mol. The van der Waals surface area contributed by atoms with Crippen molar-refractivity contribution in [2.24, 2.45) is 17.6 Å². The fourth-order valence-electron chi connectivity index (χ4n) is 1.95. The van der Waals surface area contributed by atoms with Gasteiger partial charge in [0, 0.05) is 6.26 Å². The molecule has 1 saturated carbocycles. The molecule has 12 heavy (non-hydrogen) atoms. The standard InChI is InChI=1S/C8H17NO2S/c1-6-3-8(12(2,10)11)4-7(6)5-9/h6-8H,3-5,9H2,1-2H3/t6-,7+,8+/m1/s1. The van der Waals surface area contributed by atoms with Gasteiger partial charge in [-0.1, -0.05) is 6.92 Å². The van der Waals surface area contributed by atoms with Crippen molar-refractivity contribution in [2.45, 2.75) is 25.0 Å². The molecular weight excluding hydrogens is 174 g/mol. The Bertz CT molecular complexity index is 248. The van der Waals surface area contributed by atoms with E-state index in [9.17, 15) is 8.42 Å². The van der Waals surface area contributed by atoms with Gasteiger partial charge in [-0.05, 0) is 31.2 Å². The molecule has 0 spiro atoms. The minimum Gasteiger partial charge on any atom is -0.330 e. The lowest BCUT2D eigenvalue weighted by molar-refractivity contribution is 0.429. The molecule has 0 aliphatic heterocycles. The topological polar surface area (TPSA) is 60.2 Å². The van der Waals surface area contributed by atoms with Crippen LogP contribution in [0.2, 0.25) is 0 Å². The Labute approximate surface area is 74.3 Å². The van der Waals surface area contributed by atoms with E-state index in [4.69, 9.17) is 5.73 Å². The molecule has 0 unspecified atom stereocenters. The highest BCUT2D eigenvalue weighted by molar-refractivity contribution is 7.91. The second kappa shape index (κ2) is 3.34. The molecule has 1 aliphatic carbocycles. The predicted octanol–water partition coefficient (Wildman–Crippen LogP) is 0.404. The minimum atomic E-state index is -2.83. The van der Waals surface area contributed by atoms with Gasteiger partial charge < -0.3 is 5.73 Å². The van der Waals surface area contributed by atoms with Gasteiger partial charge in [-0.2, -0.15) is 0 Å². The molecule has 0 radical (unpaired) electrons. The van der Waals surface area contributed by atoms with Gasteiger partial charge in [0.15, 0.2) is 0 Å². The molecule has 1 fully saturated rings. The molecule has 0 heterocycles. The Morgan fingerprint density at radius 3 is 2.25 bits per heavy atom. The molecule has 2 N–H and O–H groups in total. The first kappa shape index (κ1) is 9.99. The lowest BCUT2D eigenvalue weighted by Crippen LogP contribution is -2.18. The molecule has 0 amide bonds. The van der Waals surface area contributed by atoms with E-state index in [0.29, 0.717) is 18.4 Å². The van der Waals surface area contributed by atoms with Crippen LogP contribution >= 0.6 is 0 Å². The van der Waals surface area contributed by atoms with Crippen LogP contribution < -0.4 is 5.73 Å². The highest BCUT2D eigenvalue weighted by Gasteiger charge is 2.35. The van der Waals surface area contributed by atoms with Crippen molar-refractivity contribution >= 4 is 9.84 Å². The molecule has 0 aromatic heterocycles. The molecule has 0 aromatic carbocycles. The molecular formula is C8H17NO2S. The average Bonchev–Trinajstić information content (AvgIpc) is 2.29. The first-order chi connectivity index (χ1) is 5.45. The normalized spacial score (nSPS) is 37.1. The Balaban J connectivity index is 2.67. The molecule has 0 bridgehead atoms. The molecule has 72 valence electrons.